The van der Waals surface area contributed by atoms with E-state index in [9.17, 15) is 0 Å². The lowest BCUT2D eigenvalue weighted by Crippen LogP contribution is -1.99. The molecule has 1 aromatic heterocycles. The molecule has 0 saturated carbocycles. The minimum absolute atomic E-state index is 0.565. The molecule has 2 rings (SSSR count). The van der Waals surface area contributed by atoms with Crippen LogP contribution in [0.4, 0.5) is 5.69 Å². The average molecular weight is 294 g/mol. The summed E-state index contributed by atoms with van der Waals surface area (Å²) in [6.07, 6.45) is 3.82. The minimum Gasteiger partial charge on any atom is -0.496 e. The lowest BCUT2D eigenvalue weighted by atomic mass is 10.1. The van der Waals surface area contributed by atoms with Gasteiger partial charge < -0.3 is 10.5 Å². The highest BCUT2D eigenvalue weighted by atomic mass is 79.9. The molecular weight excluding hydrogens is 282 g/mol. The Morgan fingerprint density at radius 3 is 2.65 bits per heavy atom. The van der Waals surface area contributed by atoms with Gasteiger partial charge in [-0.25, -0.2) is 9.97 Å². The number of hydrogen-bond donors (Lipinski definition) is 1. The molecular formula is C12H12BrN3O. The Morgan fingerprint density at radius 2 is 2.00 bits per heavy atom. The number of ether oxygens (including phenoxy) is 1. The fourth-order valence-electron chi connectivity index (χ4n) is 1.51. The van der Waals surface area contributed by atoms with E-state index in [1.807, 2.05) is 18.2 Å². The molecule has 88 valence electrons. The predicted octanol–water partition coefficient (Wildman–Crippen LogP) is 2.42. The van der Waals surface area contributed by atoms with Gasteiger partial charge in [-0.3, -0.25) is 0 Å². The summed E-state index contributed by atoms with van der Waals surface area (Å²) in [7, 11) is 1.65. The smallest absolute Gasteiger partial charge is 0.132 e. The summed E-state index contributed by atoms with van der Waals surface area (Å²) >= 11 is 3.43. The number of rotatable bonds is 3. The zero-order chi connectivity index (χ0) is 12.3. The van der Waals surface area contributed by atoms with Crippen LogP contribution in [0.2, 0.25) is 0 Å². The number of nitrogen functional groups attached to an aromatic ring is 1. The highest BCUT2D eigenvalue weighted by molar-refractivity contribution is 9.10. The Balaban J connectivity index is 2.28. The highest BCUT2D eigenvalue weighted by Gasteiger charge is 2.06. The van der Waals surface area contributed by atoms with Gasteiger partial charge in [-0.15, -0.1) is 0 Å². The van der Waals surface area contributed by atoms with Crippen molar-refractivity contribution in [2.24, 2.45) is 0 Å². The molecule has 0 amide bonds. The summed E-state index contributed by atoms with van der Waals surface area (Å²) in [6.45, 7) is 0. The Kier molecular flexibility index (Phi) is 3.58. The van der Waals surface area contributed by atoms with Crippen LogP contribution in [-0.4, -0.2) is 17.1 Å². The second kappa shape index (κ2) is 5.14. The Hall–Kier alpha value is -1.62. The first-order chi connectivity index (χ1) is 8.19. The number of methoxy groups -OCH3 is 1. The molecule has 0 unspecified atom stereocenters. The van der Waals surface area contributed by atoms with Gasteiger partial charge in [-0.2, -0.15) is 0 Å². The van der Waals surface area contributed by atoms with Gasteiger partial charge in [0.1, 0.15) is 11.6 Å². The molecule has 1 heterocycles. The van der Waals surface area contributed by atoms with Gasteiger partial charge in [-0.1, -0.05) is 15.9 Å². The van der Waals surface area contributed by atoms with Crippen molar-refractivity contribution in [3.63, 3.8) is 0 Å². The van der Waals surface area contributed by atoms with E-state index < -0.39 is 0 Å². The standard InChI is InChI=1S/C12H12BrN3O/c1-17-11-3-2-9(13)4-8(11)5-12-15-6-10(14)7-16-12/h2-4,6-7H,5,14H2,1H3. The molecule has 0 fully saturated rings. The van der Waals surface area contributed by atoms with Crippen LogP contribution in [-0.2, 0) is 6.42 Å². The van der Waals surface area contributed by atoms with Crippen LogP contribution in [0.1, 0.15) is 11.4 Å². The normalized spacial score (nSPS) is 10.2. The molecule has 2 N–H and O–H groups in total. The van der Waals surface area contributed by atoms with E-state index in [4.69, 9.17) is 10.5 Å². The summed E-state index contributed by atoms with van der Waals surface area (Å²) < 4.78 is 6.30. The topological polar surface area (TPSA) is 61.0 Å². The third kappa shape index (κ3) is 2.94. The van der Waals surface area contributed by atoms with E-state index in [-0.39, 0.29) is 0 Å². The predicted molar refractivity (Wildman–Crippen MR) is 69.9 cm³/mol. The molecule has 17 heavy (non-hydrogen) atoms. The zero-order valence-electron chi connectivity index (χ0n) is 9.35. The first kappa shape index (κ1) is 11.9. The van der Waals surface area contributed by atoms with Crippen LogP contribution in [0.5, 0.6) is 5.75 Å². The molecule has 0 radical (unpaired) electrons. The number of aromatic nitrogens is 2. The lowest BCUT2D eigenvalue weighted by molar-refractivity contribution is 0.410. The molecule has 0 aliphatic heterocycles. The lowest BCUT2D eigenvalue weighted by Gasteiger charge is -2.08. The average Bonchev–Trinajstić information content (AvgIpc) is 2.32. The van der Waals surface area contributed by atoms with Crippen molar-refractivity contribution in [1.29, 1.82) is 0 Å². The molecule has 2 aromatic rings. The van der Waals surface area contributed by atoms with E-state index >= 15 is 0 Å². The maximum absolute atomic E-state index is 5.54. The number of benzene rings is 1. The van der Waals surface area contributed by atoms with Gasteiger partial charge in [-0.05, 0) is 18.2 Å². The van der Waals surface area contributed by atoms with Crippen LogP contribution < -0.4 is 10.5 Å². The van der Waals surface area contributed by atoms with E-state index in [0.29, 0.717) is 12.1 Å². The third-order valence-electron chi connectivity index (χ3n) is 2.32. The molecule has 4 nitrogen and oxygen atoms in total. The first-order valence-electron chi connectivity index (χ1n) is 5.08. The SMILES string of the molecule is COc1ccc(Br)cc1Cc1ncc(N)cn1. The van der Waals surface area contributed by atoms with Crippen molar-refractivity contribution in [2.45, 2.75) is 6.42 Å². The van der Waals surface area contributed by atoms with Crippen molar-refractivity contribution in [2.75, 3.05) is 12.8 Å². The fraction of sp³-hybridized carbons (Fsp3) is 0.167. The van der Waals surface area contributed by atoms with Gasteiger partial charge in [0.15, 0.2) is 0 Å². The number of nitrogens with two attached hydrogens (primary N) is 1. The zero-order valence-corrected chi connectivity index (χ0v) is 10.9. The summed E-state index contributed by atoms with van der Waals surface area (Å²) in [5.74, 6) is 1.55. The van der Waals surface area contributed by atoms with E-state index in [2.05, 4.69) is 25.9 Å². The van der Waals surface area contributed by atoms with Crippen LogP contribution in [0.3, 0.4) is 0 Å². The van der Waals surface area contributed by atoms with Crippen LogP contribution in [0, 0.1) is 0 Å². The number of nitrogens with zero attached hydrogens (tertiary/aromatic N) is 2. The molecule has 0 spiro atoms. The van der Waals surface area contributed by atoms with Gasteiger partial charge in [0.05, 0.1) is 25.2 Å². The Labute approximate surface area is 108 Å². The summed E-state index contributed by atoms with van der Waals surface area (Å²) in [6, 6.07) is 5.85. The Morgan fingerprint density at radius 1 is 1.29 bits per heavy atom. The summed E-state index contributed by atoms with van der Waals surface area (Å²) in [5, 5.41) is 0. The van der Waals surface area contributed by atoms with Crippen molar-refractivity contribution < 1.29 is 4.74 Å². The first-order valence-corrected chi connectivity index (χ1v) is 5.87. The monoisotopic (exact) mass is 293 g/mol. The maximum atomic E-state index is 5.54. The molecule has 0 atom stereocenters. The van der Waals surface area contributed by atoms with E-state index in [0.717, 1.165) is 21.6 Å². The third-order valence-corrected chi connectivity index (χ3v) is 2.81. The fourth-order valence-corrected chi connectivity index (χ4v) is 1.92. The van der Waals surface area contributed by atoms with Crippen LogP contribution in [0.25, 0.3) is 0 Å². The van der Waals surface area contributed by atoms with Crippen molar-refractivity contribution >= 4 is 21.6 Å². The quantitative estimate of drug-likeness (QED) is 0.944. The van der Waals surface area contributed by atoms with Crippen molar-refractivity contribution in [3.8, 4) is 5.75 Å². The molecule has 5 heteroatoms. The minimum atomic E-state index is 0.565. The van der Waals surface area contributed by atoms with Crippen LogP contribution >= 0.6 is 15.9 Å². The highest BCUT2D eigenvalue weighted by Crippen LogP contribution is 2.24. The molecule has 1 aromatic carbocycles. The number of halogens is 1. The largest absolute Gasteiger partial charge is 0.496 e. The van der Waals surface area contributed by atoms with Crippen molar-refractivity contribution in [1.82, 2.24) is 9.97 Å². The summed E-state index contributed by atoms with van der Waals surface area (Å²) in [5.41, 5.74) is 7.14. The summed E-state index contributed by atoms with van der Waals surface area (Å²) in [4.78, 5) is 8.34. The van der Waals surface area contributed by atoms with Crippen LogP contribution in [0.15, 0.2) is 35.1 Å². The second-order valence-electron chi connectivity index (χ2n) is 3.57. The van der Waals surface area contributed by atoms with E-state index in [1.54, 1.807) is 19.5 Å². The molecule has 0 bridgehead atoms. The molecule has 0 aliphatic rings. The van der Waals surface area contributed by atoms with Gasteiger partial charge in [0.2, 0.25) is 0 Å². The number of hydrogen-bond acceptors (Lipinski definition) is 4. The van der Waals surface area contributed by atoms with E-state index in [1.165, 1.54) is 0 Å². The van der Waals surface area contributed by atoms with Gasteiger partial charge in [0, 0.05) is 16.5 Å². The van der Waals surface area contributed by atoms with Crippen molar-refractivity contribution in [3.05, 3.63) is 46.5 Å². The molecule has 0 saturated heterocycles. The Bertz CT molecular complexity index is 514. The number of anilines is 1. The maximum Gasteiger partial charge on any atom is 0.132 e. The van der Waals surface area contributed by atoms with Gasteiger partial charge in [0.25, 0.3) is 0 Å². The second-order valence-corrected chi connectivity index (χ2v) is 4.48. The van der Waals surface area contributed by atoms with Gasteiger partial charge >= 0.3 is 0 Å². The molecule has 0 aliphatic carbocycles.